The maximum Gasteiger partial charge on any atom is 0.387 e. The Hall–Kier alpha value is -2.66. The van der Waals surface area contributed by atoms with E-state index in [4.69, 9.17) is 10.4 Å². The van der Waals surface area contributed by atoms with Crippen LogP contribution in [0.2, 0.25) is 0 Å². The number of rotatable bonds is 11. The molecule has 190 valence electrons. The smallest absolute Gasteiger partial charge is 0.387 e. The first-order chi connectivity index (χ1) is 16.6. The van der Waals surface area contributed by atoms with E-state index in [2.05, 4.69) is 31.5 Å². The zero-order valence-electron chi connectivity index (χ0n) is 20.1. The average molecular weight is 507 g/mol. The van der Waals surface area contributed by atoms with Crippen LogP contribution in [-0.2, 0) is 0 Å². The number of benzene rings is 1. The van der Waals surface area contributed by atoms with Crippen LogP contribution >= 0.6 is 11.8 Å². The predicted octanol–water partition coefficient (Wildman–Crippen LogP) is 4.72. The highest BCUT2D eigenvalue weighted by Crippen LogP contribution is 2.36. The van der Waals surface area contributed by atoms with Crippen LogP contribution in [0.3, 0.4) is 0 Å². The summed E-state index contributed by atoms with van der Waals surface area (Å²) in [6.45, 7) is 2.13. The van der Waals surface area contributed by atoms with Crippen molar-refractivity contribution in [1.82, 2.24) is 9.97 Å². The summed E-state index contributed by atoms with van der Waals surface area (Å²) in [5.74, 6) is 1.86. The Kier molecular flexibility index (Phi) is 7.65. The molecule has 1 aromatic heterocycles. The maximum absolute atomic E-state index is 12.7. The standard InChI is InChI=1S/C24H32F2N6O2S/c1-24(2,33)10-14-12-32(13-14)21-19(11-27)20(28-15-5-4-6-17(7-15)34-22(25)26)30-23(31-21)29-16-8-18(9-16)35-3/h4-7,11,14,16,18,22,27,33H,8-10,12-13H2,1-3H3,(H2,28,29,30,31). The number of nitrogens with one attached hydrogen (secondary N) is 3. The fourth-order valence-electron chi connectivity index (χ4n) is 4.51. The third-order valence-electron chi connectivity index (χ3n) is 6.20. The van der Waals surface area contributed by atoms with Gasteiger partial charge >= 0.3 is 6.61 Å². The monoisotopic (exact) mass is 506 g/mol. The van der Waals surface area contributed by atoms with E-state index in [1.807, 2.05) is 11.8 Å². The number of alkyl halides is 2. The van der Waals surface area contributed by atoms with Crippen molar-refractivity contribution in [3.63, 3.8) is 0 Å². The van der Waals surface area contributed by atoms with Gasteiger partial charge in [0.05, 0.1) is 11.2 Å². The van der Waals surface area contributed by atoms with Gasteiger partial charge in [-0.25, -0.2) is 0 Å². The van der Waals surface area contributed by atoms with Crippen LogP contribution in [0.15, 0.2) is 24.3 Å². The number of ether oxygens (including phenoxy) is 1. The summed E-state index contributed by atoms with van der Waals surface area (Å²) in [4.78, 5) is 11.5. The third kappa shape index (κ3) is 6.52. The van der Waals surface area contributed by atoms with Crippen LogP contribution in [0.4, 0.5) is 32.1 Å². The third-order valence-corrected chi connectivity index (χ3v) is 7.25. The molecule has 4 rings (SSSR count). The van der Waals surface area contributed by atoms with Gasteiger partial charge in [0.2, 0.25) is 5.95 Å². The molecule has 1 aliphatic carbocycles. The second-order valence-electron chi connectivity index (χ2n) is 9.77. The van der Waals surface area contributed by atoms with Crippen LogP contribution in [0, 0.1) is 11.3 Å². The number of anilines is 4. The molecule has 1 aliphatic heterocycles. The maximum atomic E-state index is 12.7. The predicted molar refractivity (Wildman–Crippen MR) is 137 cm³/mol. The number of halogens is 2. The summed E-state index contributed by atoms with van der Waals surface area (Å²) in [7, 11) is 0. The van der Waals surface area contributed by atoms with Crippen molar-refractivity contribution >= 4 is 41.2 Å². The zero-order valence-corrected chi connectivity index (χ0v) is 20.9. The van der Waals surface area contributed by atoms with Gasteiger partial charge in [-0.15, -0.1) is 0 Å². The molecule has 0 atom stereocenters. The SMILES string of the molecule is CSC1CC(Nc2nc(Nc3cccc(OC(F)F)c3)c(C=N)c(N3CC(CC(C)(C)O)C3)n2)C1. The Morgan fingerprint density at radius 1 is 1.31 bits per heavy atom. The van der Waals surface area contributed by atoms with Crippen LogP contribution in [0.5, 0.6) is 5.75 Å². The number of aliphatic hydroxyl groups is 1. The van der Waals surface area contributed by atoms with Crippen LogP contribution in [-0.4, -0.2) is 64.1 Å². The molecule has 1 saturated heterocycles. The minimum Gasteiger partial charge on any atom is -0.435 e. The Morgan fingerprint density at radius 2 is 2.06 bits per heavy atom. The molecule has 2 heterocycles. The lowest BCUT2D eigenvalue weighted by molar-refractivity contribution is -0.0498. The molecule has 8 nitrogen and oxygen atoms in total. The van der Waals surface area contributed by atoms with Gasteiger partial charge in [0.1, 0.15) is 17.4 Å². The van der Waals surface area contributed by atoms with Crippen molar-refractivity contribution in [2.45, 2.75) is 56.6 Å². The normalized spacial score (nSPS) is 20.3. The Labute approximate surface area is 208 Å². The second kappa shape index (κ2) is 10.5. The summed E-state index contributed by atoms with van der Waals surface area (Å²) in [6, 6.07) is 6.53. The van der Waals surface area contributed by atoms with Crippen LogP contribution < -0.4 is 20.3 Å². The Morgan fingerprint density at radius 3 is 2.69 bits per heavy atom. The number of aromatic nitrogens is 2. The van der Waals surface area contributed by atoms with E-state index in [0.29, 0.717) is 46.4 Å². The molecular weight excluding hydrogens is 474 g/mol. The van der Waals surface area contributed by atoms with Crippen molar-refractivity contribution in [2.75, 3.05) is 34.9 Å². The average Bonchev–Trinajstić information content (AvgIpc) is 2.71. The first kappa shape index (κ1) is 25.4. The van der Waals surface area contributed by atoms with Crippen molar-refractivity contribution in [3.8, 4) is 5.75 Å². The summed E-state index contributed by atoms with van der Waals surface area (Å²) < 4.78 is 29.8. The number of nitrogens with zero attached hydrogens (tertiary/aromatic N) is 3. The van der Waals surface area contributed by atoms with Crippen molar-refractivity contribution < 1.29 is 18.6 Å². The Balaban J connectivity index is 1.60. The van der Waals surface area contributed by atoms with E-state index in [0.717, 1.165) is 25.9 Å². The summed E-state index contributed by atoms with van der Waals surface area (Å²) in [5, 5.41) is 25.4. The molecule has 2 aliphatic rings. The molecule has 0 unspecified atom stereocenters. The summed E-state index contributed by atoms with van der Waals surface area (Å²) >= 11 is 1.85. The van der Waals surface area contributed by atoms with Crippen molar-refractivity contribution in [3.05, 3.63) is 29.8 Å². The molecule has 0 amide bonds. The Bertz CT molecular complexity index is 1040. The number of hydrogen-bond donors (Lipinski definition) is 4. The van der Waals surface area contributed by atoms with Gasteiger partial charge in [-0.3, -0.25) is 0 Å². The van der Waals surface area contributed by atoms with Gasteiger partial charge < -0.3 is 30.8 Å². The molecule has 1 saturated carbocycles. The van der Waals surface area contributed by atoms with Gasteiger partial charge in [-0.05, 0) is 57.4 Å². The molecule has 0 bridgehead atoms. The molecule has 4 N–H and O–H groups in total. The van der Waals surface area contributed by atoms with E-state index in [1.165, 1.54) is 18.3 Å². The van der Waals surface area contributed by atoms with Gasteiger partial charge in [-0.1, -0.05) is 6.07 Å². The fraction of sp³-hybridized carbons (Fsp3) is 0.542. The molecular formula is C24H32F2N6O2S. The van der Waals surface area contributed by atoms with Gasteiger partial charge in [0, 0.05) is 42.3 Å². The lowest BCUT2D eigenvalue weighted by Gasteiger charge is -2.43. The zero-order chi connectivity index (χ0) is 25.2. The van der Waals surface area contributed by atoms with Gasteiger partial charge in [-0.2, -0.15) is 30.5 Å². The quantitative estimate of drug-likeness (QED) is 0.325. The lowest BCUT2D eigenvalue weighted by atomic mass is 9.87. The van der Waals surface area contributed by atoms with Gasteiger partial charge in [0.15, 0.2) is 0 Å². The van der Waals surface area contributed by atoms with Crippen LogP contribution in [0.25, 0.3) is 0 Å². The minimum absolute atomic E-state index is 0.0313. The number of hydrogen-bond acceptors (Lipinski definition) is 9. The number of thioether (sulfide) groups is 1. The first-order valence-electron chi connectivity index (χ1n) is 11.6. The minimum atomic E-state index is -2.92. The van der Waals surface area contributed by atoms with E-state index < -0.39 is 12.2 Å². The van der Waals surface area contributed by atoms with Crippen molar-refractivity contribution in [2.24, 2.45) is 5.92 Å². The highest BCUT2D eigenvalue weighted by molar-refractivity contribution is 7.99. The lowest BCUT2D eigenvalue weighted by Crippen LogP contribution is -2.50. The molecule has 1 aromatic carbocycles. The van der Waals surface area contributed by atoms with E-state index >= 15 is 0 Å². The second-order valence-corrected chi connectivity index (χ2v) is 10.9. The van der Waals surface area contributed by atoms with Gasteiger partial charge in [0.25, 0.3) is 0 Å². The van der Waals surface area contributed by atoms with E-state index in [1.54, 1.807) is 26.0 Å². The summed E-state index contributed by atoms with van der Waals surface area (Å²) in [5.41, 5.74) is 0.278. The topological polar surface area (TPSA) is 106 Å². The molecule has 35 heavy (non-hydrogen) atoms. The molecule has 0 radical (unpaired) electrons. The first-order valence-corrected chi connectivity index (χ1v) is 12.9. The highest BCUT2D eigenvalue weighted by atomic mass is 32.2. The van der Waals surface area contributed by atoms with Crippen LogP contribution in [0.1, 0.15) is 38.7 Å². The highest BCUT2D eigenvalue weighted by Gasteiger charge is 2.35. The van der Waals surface area contributed by atoms with Crippen molar-refractivity contribution in [1.29, 1.82) is 5.41 Å². The largest absolute Gasteiger partial charge is 0.435 e. The fourth-order valence-corrected chi connectivity index (χ4v) is 5.36. The molecule has 0 spiro atoms. The molecule has 11 heteroatoms. The molecule has 2 aromatic rings. The van der Waals surface area contributed by atoms with E-state index in [-0.39, 0.29) is 11.8 Å². The summed E-state index contributed by atoms with van der Waals surface area (Å²) in [6.07, 6.45) is 6.05. The molecule has 2 fully saturated rings. The van der Waals surface area contributed by atoms with E-state index in [9.17, 15) is 13.9 Å².